The fourth-order valence-corrected chi connectivity index (χ4v) is 10.5. The van der Waals surface area contributed by atoms with Crippen molar-refractivity contribution in [1.82, 2.24) is 19.5 Å². The summed E-state index contributed by atoms with van der Waals surface area (Å²) < 4.78 is 2.34. The van der Waals surface area contributed by atoms with Crippen molar-refractivity contribution in [2.75, 3.05) is 0 Å². The molecule has 2 aliphatic carbocycles. The average Bonchev–Trinajstić information content (AvgIpc) is 4.01. The summed E-state index contributed by atoms with van der Waals surface area (Å²) in [6.45, 7) is 0. The standard InChI is InChI=1S/C60H38N4/c1-5-17-39(18-6-1)42-31-34-56-50(35-42)51(38-64(56)45-23-11-4-12-24-45)43-29-32-48-49-33-30-44(59-62-57(40-19-7-2-8-20-40)61-58(63-59)41-21-9-3-10-22-41)37-55(49)60(54(48)36-43)52-27-15-13-25-46(52)47-26-14-16-28-53(47)60/h1-38H. The Labute approximate surface area is 371 Å². The molecule has 9 aromatic carbocycles. The third-order valence-corrected chi connectivity index (χ3v) is 13.3. The van der Waals surface area contributed by atoms with Gasteiger partial charge < -0.3 is 4.57 Å². The Bertz CT molecular complexity index is 3490. The van der Waals surface area contributed by atoms with Crippen molar-refractivity contribution in [1.29, 1.82) is 0 Å². The molecule has 2 aliphatic rings. The number of rotatable bonds is 6. The molecule has 64 heavy (non-hydrogen) atoms. The van der Waals surface area contributed by atoms with Gasteiger partial charge in [0.15, 0.2) is 17.5 Å². The van der Waals surface area contributed by atoms with Crippen LogP contribution in [0.1, 0.15) is 22.3 Å². The van der Waals surface area contributed by atoms with Crippen LogP contribution in [0.15, 0.2) is 231 Å². The predicted molar refractivity (Wildman–Crippen MR) is 260 cm³/mol. The van der Waals surface area contributed by atoms with E-state index in [9.17, 15) is 0 Å². The van der Waals surface area contributed by atoms with Crippen LogP contribution in [0.4, 0.5) is 0 Å². The van der Waals surface area contributed by atoms with Crippen molar-refractivity contribution in [3.63, 3.8) is 0 Å². The van der Waals surface area contributed by atoms with Crippen LogP contribution in [0.2, 0.25) is 0 Å². The van der Waals surface area contributed by atoms with E-state index in [1.54, 1.807) is 0 Å². The lowest BCUT2D eigenvalue weighted by Gasteiger charge is -2.31. The Morgan fingerprint density at radius 3 is 1.31 bits per heavy atom. The molecule has 2 heterocycles. The van der Waals surface area contributed by atoms with Gasteiger partial charge in [-0.3, -0.25) is 0 Å². The first-order chi connectivity index (χ1) is 31.7. The minimum Gasteiger partial charge on any atom is -0.316 e. The van der Waals surface area contributed by atoms with Gasteiger partial charge in [-0.15, -0.1) is 0 Å². The molecule has 11 aromatic rings. The molecule has 0 aliphatic heterocycles. The lowest BCUT2D eigenvalue weighted by Crippen LogP contribution is -2.26. The van der Waals surface area contributed by atoms with Gasteiger partial charge in [-0.1, -0.05) is 188 Å². The molecule has 0 unspecified atom stereocenters. The number of aromatic nitrogens is 4. The van der Waals surface area contributed by atoms with Crippen LogP contribution in [0.25, 0.3) is 95.3 Å². The SMILES string of the molecule is c1ccc(-c2ccc3c(c2)c(-c2ccc4c(c2)C2(c5ccccc5-c5ccccc52)c2cc(-c5nc(-c6ccccc6)nc(-c6ccccc6)n5)ccc2-4)cn3-c2ccccc2)cc1. The van der Waals surface area contributed by atoms with Gasteiger partial charge in [-0.05, 0) is 97.6 Å². The van der Waals surface area contributed by atoms with Gasteiger partial charge in [-0.25, -0.2) is 15.0 Å². The molecule has 0 radical (unpaired) electrons. The number of para-hydroxylation sites is 1. The lowest BCUT2D eigenvalue weighted by molar-refractivity contribution is 0.794. The minimum absolute atomic E-state index is 0.589. The molecule has 0 saturated carbocycles. The van der Waals surface area contributed by atoms with E-state index in [0.717, 1.165) is 22.4 Å². The van der Waals surface area contributed by atoms with Crippen LogP contribution in [0, 0.1) is 0 Å². The Kier molecular flexibility index (Phi) is 8.09. The summed E-state index contributed by atoms with van der Waals surface area (Å²) in [5.41, 5.74) is 19.4. The van der Waals surface area contributed by atoms with Gasteiger partial charge in [0.25, 0.3) is 0 Å². The maximum Gasteiger partial charge on any atom is 0.164 e. The van der Waals surface area contributed by atoms with E-state index in [-0.39, 0.29) is 0 Å². The first-order valence-electron chi connectivity index (χ1n) is 21.8. The third-order valence-electron chi connectivity index (χ3n) is 13.3. The molecule has 4 heteroatoms. The first kappa shape index (κ1) is 36.2. The minimum atomic E-state index is -0.589. The molecule has 0 bridgehead atoms. The van der Waals surface area contributed by atoms with Gasteiger partial charge in [0.1, 0.15) is 0 Å². The van der Waals surface area contributed by atoms with Crippen molar-refractivity contribution < 1.29 is 0 Å². The van der Waals surface area contributed by atoms with Crippen LogP contribution >= 0.6 is 0 Å². The highest BCUT2D eigenvalue weighted by Gasteiger charge is 2.52. The van der Waals surface area contributed by atoms with Crippen molar-refractivity contribution >= 4 is 10.9 Å². The zero-order valence-corrected chi connectivity index (χ0v) is 34.7. The number of hydrogen-bond donors (Lipinski definition) is 0. The first-order valence-corrected chi connectivity index (χ1v) is 21.8. The second kappa shape index (κ2) is 14.3. The molecule has 0 amide bonds. The maximum atomic E-state index is 5.19. The van der Waals surface area contributed by atoms with Gasteiger partial charge in [0, 0.05) is 39.5 Å². The Hall–Kier alpha value is -8.47. The molecule has 2 aromatic heterocycles. The van der Waals surface area contributed by atoms with E-state index in [4.69, 9.17) is 15.0 Å². The molecular weight excluding hydrogens is 777 g/mol. The highest BCUT2D eigenvalue weighted by molar-refractivity contribution is 6.02. The fourth-order valence-electron chi connectivity index (χ4n) is 10.5. The molecule has 0 N–H and O–H groups in total. The van der Waals surface area contributed by atoms with E-state index in [2.05, 4.69) is 199 Å². The average molecular weight is 815 g/mol. The molecule has 298 valence electrons. The molecule has 0 atom stereocenters. The third kappa shape index (κ3) is 5.46. The second-order valence-corrected chi connectivity index (χ2v) is 16.7. The van der Waals surface area contributed by atoms with Crippen LogP contribution in [0.3, 0.4) is 0 Å². The topological polar surface area (TPSA) is 43.6 Å². The van der Waals surface area contributed by atoms with Crippen molar-refractivity contribution in [3.05, 3.63) is 253 Å². The van der Waals surface area contributed by atoms with Crippen molar-refractivity contribution in [2.24, 2.45) is 0 Å². The molecule has 13 rings (SSSR count). The van der Waals surface area contributed by atoms with Gasteiger partial charge in [-0.2, -0.15) is 0 Å². The highest BCUT2D eigenvalue weighted by atomic mass is 15.0. The molecular formula is C60H38N4. The zero-order valence-electron chi connectivity index (χ0n) is 34.7. The summed E-state index contributed by atoms with van der Waals surface area (Å²) in [6.07, 6.45) is 2.33. The maximum absolute atomic E-state index is 5.19. The van der Waals surface area contributed by atoms with Crippen LogP contribution in [-0.4, -0.2) is 19.5 Å². The summed E-state index contributed by atoms with van der Waals surface area (Å²) >= 11 is 0. The Morgan fingerprint density at radius 2 is 0.734 bits per heavy atom. The summed E-state index contributed by atoms with van der Waals surface area (Å²) in [6, 6.07) is 80.7. The quantitative estimate of drug-likeness (QED) is 0.168. The summed E-state index contributed by atoms with van der Waals surface area (Å²) in [5, 5.41) is 1.21. The highest BCUT2D eigenvalue weighted by Crippen LogP contribution is 2.63. The normalized spacial score (nSPS) is 12.8. The van der Waals surface area contributed by atoms with Crippen LogP contribution in [-0.2, 0) is 5.41 Å². The smallest absolute Gasteiger partial charge is 0.164 e. The summed E-state index contributed by atoms with van der Waals surface area (Å²) in [4.78, 5) is 15.4. The molecule has 0 fully saturated rings. The number of hydrogen-bond acceptors (Lipinski definition) is 3. The number of fused-ring (bicyclic) bond motifs is 11. The van der Waals surface area contributed by atoms with E-state index in [1.807, 2.05) is 36.4 Å². The molecule has 1 spiro atoms. The summed E-state index contributed by atoms with van der Waals surface area (Å²) in [5.74, 6) is 1.94. The van der Waals surface area contributed by atoms with Crippen molar-refractivity contribution in [3.8, 4) is 84.4 Å². The monoisotopic (exact) mass is 814 g/mol. The van der Waals surface area contributed by atoms with Crippen molar-refractivity contribution in [2.45, 2.75) is 5.41 Å². The fraction of sp³-hybridized carbons (Fsp3) is 0.0167. The lowest BCUT2D eigenvalue weighted by atomic mass is 9.70. The molecule has 0 saturated heterocycles. The molecule has 4 nitrogen and oxygen atoms in total. The van der Waals surface area contributed by atoms with Gasteiger partial charge in [0.05, 0.1) is 10.9 Å². The number of benzene rings is 9. The van der Waals surface area contributed by atoms with E-state index in [0.29, 0.717) is 17.5 Å². The largest absolute Gasteiger partial charge is 0.316 e. The van der Waals surface area contributed by atoms with E-state index >= 15 is 0 Å². The van der Waals surface area contributed by atoms with Crippen LogP contribution in [0.5, 0.6) is 0 Å². The summed E-state index contributed by atoms with van der Waals surface area (Å²) in [7, 11) is 0. The van der Waals surface area contributed by atoms with E-state index < -0.39 is 5.41 Å². The van der Waals surface area contributed by atoms with Gasteiger partial charge in [0.2, 0.25) is 0 Å². The number of nitrogens with zero attached hydrogens (tertiary/aromatic N) is 4. The van der Waals surface area contributed by atoms with Gasteiger partial charge >= 0.3 is 0 Å². The Morgan fingerprint density at radius 1 is 0.297 bits per heavy atom. The predicted octanol–water partition coefficient (Wildman–Crippen LogP) is 14.5. The van der Waals surface area contributed by atoms with E-state index in [1.165, 1.54) is 77.7 Å². The zero-order chi connectivity index (χ0) is 42.2. The second-order valence-electron chi connectivity index (χ2n) is 16.7. The van der Waals surface area contributed by atoms with Crippen LogP contribution < -0.4 is 0 Å². The Balaban J connectivity index is 1.06.